The van der Waals surface area contributed by atoms with Gasteiger partial charge in [0.2, 0.25) is 0 Å². The van der Waals surface area contributed by atoms with E-state index >= 15 is 0 Å². The zero-order valence-corrected chi connectivity index (χ0v) is 15.4. The van der Waals surface area contributed by atoms with E-state index in [0.717, 1.165) is 24.1 Å². The van der Waals surface area contributed by atoms with Crippen molar-refractivity contribution in [1.29, 1.82) is 0 Å². The summed E-state index contributed by atoms with van der Waals surface area (Å²) in [5, 5.41) is 13.2. The lowest BCUT2D eigenvalue weighted by Gasteiger charge is -2.34. The molecule has 0 spiro atoms. The molecule has 3 rings (SSSR count). The molecule has 1 aromatic carbocycles. The highest BCUT2D eigenvalue weighted by molar-refractivity contribution is 9.10. The number of aromatic nitrogens is 2. The minimum Gasteiger partial charge on any atom is -0.478 e. The Morgan fingerprint density at radius 2 is 1.96 bits per heavy atom. The van der Waals surface area contributed by atoms with Gasteiger partial charge in [0.15, 0.2) is 5.69 Å². The largest absolute Gasteiger partial charge is 0.478 e. The number of rotatable bonds is 4. The van der Waals surface area contributed by atoms with E-state index in [4.69, 9.17) is 0 Å². The first-order valence-corrected chi connectivity index (χ1v) is 8.76. The minimum absolute atomic E-state index is 0.00967. The van der Waals surface area contributed by atoms with Gasteiger partial charge >= 0.3 is 5.97 Å². The van der Waals surface area contributed by atoms with Crippen molar-refractivity contribution in [2.24, 2.45) is 7.05 Å². The molecule has 0 aliphatic carbocycles. The fourth-order valence-electron chi connectivity index (χ4n) is 2.96. The molecule has 132 valence electrons. The van der Waals surface area contributed by atoms with Gasteiger partial charge in [-0.1, -0.05) is 28.1 Å². The number of aryl methyl sites for hydroxylation is 1. The summed E-state index contributed by atoms with van der Waals surface area (Å²) < 4.78 is 2.41. The van der Waals surface area contributed by atoms with E-state index in [1.54, 1.807) is 11.9 Å². The van der Waals surface area contributed by atoms with Crippen molar-refractivity contribution in [3.8, 4) is 0 Å². The average Bonchev–Trinajstić information content (AvgIpc) is 2.97. The van der Waals surface area contributed by atoms with Crippen LogP contribution < -0.4 is 0 Å². The number of benzene rings is 1. The highest BCUT2D eigenvalue weighted by Crippen LogP contribution is 2.16. The Morgan fingerprint density at radius 1 is 1.24 bits per heavy atom. The number of nitrogens with zero attached hydrogens (tertiary/aromatic N) is 4. The summed E-state index contributed by atoms with van der Waals surface area (Å²) >= 11 is 3.47. The van der Waals surface area contributed by atoms with Gasteiger partial charge in [0.05, 0.1) is 0 Å². The first kappa shape index (κ1) is 17.6. The first-order valence-electron chi connectivity index (χ1n) is 7.97. The van der Waals surface area contributed by atoms with Gasteiger partial charge in [0, 0.05) is 50.4 Å². The molecule has 0 saturated carbocycles. The number of carboxylic acids is 1. The lowest BCUT2D eigenvalue weighted by atomic mass is 10.2. The van der Waals surface area contributed by atoms with Crippen LogP contribution in [-0.2, 0) is 13.6 Å². The predicted octanol–water partition coefficient (Wildman–Crippen LogP) is 1.84. The lowest BCUT2D eigenvalue weighted by Crippen LogP contribution is -2.48. The van der Waals surface area contributed by atoms with Gasteiger partial charge in [-0.25, -0.2) is 4.79 Å². The fourth-order valence-corrected chi connectivity index (χ4v) is 3.40. The Hall–Kier alpha value is -2.19. The van der Waals surface area contributed by atoms with Crippen molar-refractivity contribution in [2.45, 2.75) is 6.54 Å². The zero-order valence-electron chi connectivity index (χ0n) is 13.9. The Labute approximate surface area is 154 Å². The third-order valence-corrected chi connectivity index (χ3v) is 4.71. The molecule has 1 fully saturated rings. The van der Waals surface area contributed by atoms with Gasteiger partial charge in [-0.15, -0.1) is 0 Å². The number of piperazine rings is 1. The molecule has 1 N–H and O–H groups in total. The number of carbonyl (C=O) groups excluding carboxylic acids is 1. The maximum Gasteiger partial charge on any atom is 0.339 e. The van der Waals surface area contributed by atoms with Crippen LogP contribution in [0.2, 0.25) is 0 Å². The molecule has 2 heterocycles. The summed E-state index contributed by atoms with van der Waals surface area (Å²) in [6.45, 7) is 3.43. The second kappa shape index (κ2) is 7.37. The Kier molecular flexibility index (Phi) is 5.19. The summed E-state index contributed by atoms with van der Waals surface area (Å²) in [5.74, 6) is -1.45. The van der Waals surface area contributed by atoms with Crippen LogP contribution >= 0.6 is 15.9 Å². The molecule has 0 atom stereocenters. The molecular formula is C17H19BrN4O3. The summed E-state index contributed by atoms with van der Waals surface area (Å²) in [7, 11) is 1.61. The standard InChI is InChI=1S/C17H19BrN4O3/c1-20-11-14(17(24)25)15(19-20)16(23)22-7-5-21(6-8-22)10-12-3-2-4-13(18)9-12/h2-4,9,11H,5-8,10H2,1H3,(H,24,25). The number of carboxylic acid groups (broad SMARTS) is 1. The number of carbonyl (C=O) groups is 2. The molecule has 1 aliphatic rings. The monoisotopic (exact) mass is 406 g/mol. The topological polar surface area (TPSA) is 78.7 Å². The van der Waals surface area contributed by atoms with E-state index in [9.17, 15) is 14.7 Å². The third kappa shape index (κ3) is 4.08. The average molecular weight is 407 g/mol. The fraction of sp³-hybridized carbons (Fsp3) is 0.353. The molecule has 1 aromatic heterocycles. The number of hydrogen-bond acceptors (Lipinski definition) is 4. The number of amides is 1. The highest BCUT2D eigenvalue weighted by atomic mass is 79.9. The molecule has 2 aromatic rings. The van der Waals surface area contributed by atoms with Gasteiger partial charge in [0.25, 0.3) is 5.91 Å². The van der Waals surface area contributed by atoms with Crippen LogP contribution in [0.5, 0.6) is 0 Å². The van der Waals surface area contributed by atoms with Crippen molar-refractivity contribution in [1.82, 2.24) is 19.6 Å². The summed E-state index contributed by atoms with van der Waals surface area (Å²) in [6.07, 6.45) is 1.36. The first-order chi connectivity index (χ1) is 11.9. The Morgan fingerprint density at radius 3 is 2.60 bits per heavy atom. The molecule has 0 bridgehead atoms. The molecule has 7 nitrogen and oxygen atoms in total. The highest BCUT2D eigenvalue weighted by Gasteiger charge is 2.28. The molecular weight excluding hydrogens is 388 g/mol. The molecule has 0 radical (unpaired) electrons. The Balaban J connectivity index is 1.62. The smallest absolute Gasteiger partial charge is 0.339 e. The van der Waals surface area contributed by atoms with E-state index in [2.05, 4.69) is 38.1 Å². The van der Waals surface area contributed by atoms with Crippen LogP contribution in [0.25, 0.3) is 0 Å². The molecule has 0 unspecified atom stereocenters. The van der Waals surface area contributed by atoms with Crippen molar-refractivity contribution < 1.29 is 14.7 Å². The third-order valence-electron chi connectivity index (χ3n) is 4.22. The van der Waals surface area contributed by atoms with Crippen LogP contribution in [0, 0.1) is 0 Å². The van der Waals surface area contributed by atoms with Crippen LogP contribution in [0.3, 0.4) is 0 Å². The van der Waals surface area contributed by atoms with E-state index in [0.29, 0.717) is 13.1 Å². The van der Waals surface area contributed by atoms with Crippen LogP contribution in [0.4, 0.5) is 0 Å². The molecule has 1 saturated heterocycles. The van der Waals surface area contributed by atoms with Gasteiger partial charge in [-0.05, 0) is 17.7 Å². The molecule has 1 amide bonds. The summed E-state index contributed by atoms with van der Waals surface area (Å²) in [4.78, 5) is 27.8. The quantitative estimate of drug-likeness (QED) is 0.837. The maximum atomic E-state index is 12.6. The maximum absolute atomic E-state index is 12.6. The summed E-state index contributed by atoms with van der Waals surface area (Å²) in [5.41, 5.74) is 1.17. The van der Waals surface area contributed by atoms with Gasteiger partial charge in [0.1, 0.15) is 5.56 Å². The second-order valence-corrected chi connectivity index (χ2v) is 6.98. The number of hydrogen-bond donors (Lipinski definition) is 1. The minimum atomic E-state index is -1.13. The van der Waals surface area contributed by atoms with E-state index in [1.807, 2.05) is 12.1 Å². The van der Waals surface area contributed by atoms with Crippen molar-refractivity contribution in [3.63, 3.8) is 0 Å². The predicted molar refractivity (Wildman–Crippen MR) is 95.5 cm³/mol. The van der Waals surface area contributed by atoms with Gasteiger partial charge < -0.3 is 10.0 Å². The normalized spacial score (nSPS) is 15.4. The van der Waals surface area contributed by atoms with Crippen LogP contribution in [0.15, 0.2) is 34.9 Å². The van der Waals surface area contributed by atoms with Crippen molar-refractivity contribution in [3.05, 3.63) is 51.8 Å². The zero-order chi connectivity index (χ0) is 18.0. The van der Waals surface area contributed by atoms with Gasteiger partial charge in [-0.2, -0.15) is 5.10 Å². The van der Waals surface area contributed by atoms with Crippen LogP contribution in [-0.4, -0.2) is 62.7 Å². The van der Waals surface area contributed by atoms with Crippen molar-refractivity contribution in [2.75, 3.05) is 26.2 Å². The van der Waals surface area contributed by atoms with Gasteiger partial charge in [-0.3, -0.25) is 14.4 Å². The van der Waals surface area contributed by atoms with E-state index in [1.165, 1.54) is 16.4 Å². The molecule has 1 aliphatic heterocycles. The SMILES string of the molecule is Cn1cc(C(=O)O)c(C(=O)N2CCN(Cc3cccc(Br)c3)CC2)n1. The van der Waals surface area contributed by atoms with E-state index in [-0.39, 0.29) is 17.2 Å². The number of halogens is 1. The summed E-state index contributed by atoms with van der Waals surface area (Å²) in [6, 6.07) is 8.17. The molecule has 25 heavy (non-hydrogen) atoms. The second-order valence-electron chi connectivity index (χ2n) is 6.07. The molecule has 8 heteroatoms. The van der Waals surface area contributed by atoms with Crippen molar-refractivity contribution >= 4 is 27.8 Å². The Bertz CT molecular complexity index is 797. The lowest BCUT2D eigenvalue weighted by molar-refractivity contribution is 0.0604. The number of aromatic carboxylic acids is 1. The van der Waals surface area contributed by atoms with E-state index < -0.39 is 5.97 Å². The van der Waals surface area contributed by atoms with Crippen LogP contribution in [0.1, 0.15) is 26.4 Å².